The van der Waals surface area contributed by atoms with Crippen molar-refractivity contribution in [1.82, 2.24) is 0 Å². The molecular formula is C6H14MgO2. The summed E-state index contributed by atoms with van der Waals surface area (Å²) in [6, 6.07) is 0. The SMILES string of the molecule is CCCCOC(C)=O.[MgH2]. The molecule has 0 aliphatic carbocycles. The van der Waals surface area contributed by atoms with Crippen molar-refractivity contribution in [2.75, 3.05) is 6.61 Å². The zero-order valence-corrected chi connectivity index (χ0v) is 5.44. The summed E-state index contributed by atoms with van der Waals surface area (Å²) in [5, 5.41) is 0. The summed E-state index contributed by atoms with van der Waals surface area (Å²) in [5.41, 5.74) is 0. The molecule has 0 saturated heterocycles. The molecule has 0 spiro atoms. The molecule has 0 aromatic rings. The zero-order valence-electron chi connectivity index (χ0n) is 5.44. The third kappa shape index (κ3) is 11.7. The van der Waals surface area contributed by atoms with Crippen LogP contribution in [0.15, 0.2) is 0 Å². The fourth-order valence-corrected chi connectivity index (χ4v) is 0.360. The van der Waals surface area contributed by atoms with E-state index in [0.717, 1.165) is 12.8 Å². The van der Waals surface area contributed by atoms with E-state index in [1.807, 2.05) is 0 Å². The van der Waals surface area contributed by atoms with Crippen LogP contribution in [0.2, 0.25) is 0 Å². The van der Waals surface area contributed by atoms with Gasteiger partial charge in [0.05, 0.1) is 6.61 Å². The van der Waals surface area contributed by atoms with E-state index in [1.54, 1.807) is 0 Å². The second-order valence-corrected chi connectivity index (χ2v) is 1.69. The average Bonchev–Trinajstić information content (AvgIpc) is 1.66. The highest BCUT2D eigenvalue weighted by atomic mass is 24.3. The van der Waals surface area contributed by atoms with E-state index in [1.165, 1.54) is 6.92 Å². The van der Waals surface area contributed by atoms with Gasteiger partial charge in [0.15, 0.2) is 0 Å². The number of carbonyl (C=O) groups excluding carboxylic acids is 1. The number of unbranched alkanes of at least 4 members (excludes halogenated alkanes) is 1. The lowest BCUT2D eigenvalue weighted by Gasteiger charge is -1.96. The van der Waals surface area contributed by atoms with Gasteiger partial charge in [-0.3, -0.25) is 4.79 Å². The van der Waals surface area contributed by atoms with Crippen molar-refractivity contribution in [2.24, 2.45) is 0 Å². The first kappa shape index (κ1) is 12.0. The zero-order chi connectivity index (χ0) is 6.41. The summed E-state index contributed by atoms with van der Waals surface area (Å²) in [5.74, 6) is -0.182. The quantitative estimate of drug-likeness (QED) is 0.325. The van der Waals surface area contributed by atoms with E-state index in [9.17, 15) is 4.79 Å². The van der Waals surface area contributed by atoms with Gasteiger partial charge in [-0.05, 0) is 6.42 Å². The molecule has 0 unspecified atom stereocenters. The maximum absolute atomic E-state index is 10.1. The number of hydrogen-bond acceptors (Lipinski definition) is 2. The minimum Gasteiger partial charge on any atom is -0.466 e. The molecule has 0 atom stereocenters. The van der Waals surface area contributed by atoms with E-state index < -0.39 is 0 Å². The van der Waals surface area contributed by atoms with Gasteiger partial charge in [-0.1, -0.05) is 13.3 Å². The molecule has 0 heterocycles. The van der Waals surface area contributed by atoms with Crippen LogP contribution >= 0.6 is 0 Å². The minimum atomic E-state index is -0.182. The third-order valence-corrected chi connectivity index (χ3v) is 0.803. The molecule has 9 heavy (non-hydrogen) atoms. The van der Waals surface area contributed by atoms with Crippen molar-refractivity contribution >= 4 is 29.0 Å². The molecule has 0 fully saturated rings. The Balaban J connectivity index is 0. The minimum absolute atomic E-state index is 0. The predicted octanol–water partition coefficient (Wildman–Crippen LogP) is 0.433. The number of ether oxygens (including phenoxy) is 1. The standard InChI is InChI=1S/C6H12O2.Mg.2H/c1-3-4-5-8-6(2)7;;;/h3-5H2,1-2H3;;;. The Morgan fingerprint density at radius 1 is 1.56 bits per heavy atom. The first-order valence-corrected chi connectivity index (χ1v) is 2.90. The summed E-state index contributed by atoms with van der Waals surface area (Å²) in [6.07, 6.45) is 2.05. The van der Waals surface area contributed by atoms with Crippen LogP contribution in [0.5, 0.6) is 0 Å². The first-order chi connectivity index (χ1) is 3.77. The molecule has 0 radical (unpaired) electrons. The van der Waals surface area contributed by atoms with Gasteiger partial charge in [0.2, 0.25) is 0 Å². The Morgan fingerprint density at radius 2 is 2.11 bits per heavy atom. The lowest BCUT2D eigenvalue weighted by atomic mass is 10.4. The van der Waals surface area contributed by atoms with Crippen molar-refractivity contribution < 1.29 is 9.53 Å². The number of esters is 1. The fourth-order valence-electron chi connectivity index (χ4n) is 0.360. The van der Waals surface area contributed by atoms with Crippen molar-refractivity contribution in [3.8, 4) is 0 Å². The summed E-state index contributed by atoms with van der Waals surface area (Å²) >= 11 is 0. The molecule has 2 nitrogen and oxygen atoms in total. The van der Waals surface area contributed by atoms with E-state index in [4.69, 9.17) is 0 Å². The summed E-state index contributed by atoms with van der Waals surface area (Å²) in [4.78, 5) is 10.1. The Labute approximate surface area is 72.1 Å². The van der Waals surface area contributed by atoms with Crippen molar-refractivity contribution in [2.45, 2.75) is 26.7 Å². The maximum atomic E-state index is 10.1. The molecular weight excluding hydrogens is 128 g/mol. The lowest BCUT2D eigenvalue weighted by Crippen LogP contribution is -1.99. The number of hydrogen-bond donors (Lipinski definition) is 0. The van der Waals surface area contributed by atoms with Crippen molar-refractivity contribution in [3.05, 3.63) is 0 Å². The highest BCUT2D eigenvalue weighted by molar-refractivity contribution is 5.75. The highest BCUT2D eigenvalue weighted by Gasteiger charge is 1.88. The Bertz CT molecular complexity index is 73.5. The molecule has 0 N–H and O–H groups in total. The molecule has 0 aliphatic heterocycles. The van der Waals surface area contributed by atoms with E-state index in [2.05, 4.69) is 11.7 Å². The largest absolute Gasteiger partial charge is 0.466 e. The van der Waals surface area contributed by atoms with Crippen molar-refractivity contribution in [3.63, 3.8) is 0 Å². The van der Waals surface area contributed by atoms with Crippen LogP contribution in [0.25, 0.3) is 0 Å². The van der Waals surface area contributed by atoms with Crippen LogP contribution in [0.1, 0.15) is 26.7 Å². The van der Waals surface area contributed by atoms with Gasteiger partial charge in [0.25, 0.3) is 0 Å². The van der Waals surface area contributed by atoms with E-state index >= 15 is 0 Å². The average molecular weight is 142 g/mol. The highest BCUT2D eigenvalue weighted by Crippen LogP contribution is 1.86. The summed E-state index contributed by atoms with van der Waals surface area (Å²) < 4.78 is 4.64. The van der Waals surface area contributed by atoms with Crippen molar-refractivity contribution in [1.29, 1.82) is 0 Å². The number of rotatable bonds is 3. The summed E-state index contributed by atoms with van der Waals surface area (Å²) in [6.45, 7) is 4.06. The smallest absolute Gasteiger partial charge is 0.316 e. The van der Waals surface area contributed by atoms with Gasteiger partial charge in [-0.25, -0.2) is 0 Å². The van der Waals surface area contributed by atoms with Crippen LogP contribution in [0, 0.1) is 0 Å². The van der Waals surface area contributed by atoms with Crippen LogP contribution in [0.3, 0.4) is 0 Å². The molecule has 3 heteroatoms. The lowest BCUT2D eigenvalue weighted by molar-refractivity contribution is -0.141. The molecule has 0 rings (SSSR count). The van der Waals surface area contributed by atoms with Gasteiger partial charge >= 0.3 is 29.0 Å². The Hall–Kier alpha value is 0.236. The van der Waals surface area contributed by atoms with Gasteiger partial charge in [0.1, 0.15) is 0 Å². The monoisotopic (exact) mass is 142 g/mol. The van der Waals surface area contributed by atoms with E-state index in [-0.39, 0.29) is 29.0 Å². The molecule has 0 aromatic heterocycles. The molecule has 0 aliphatic rings. The Kier molecular flexibility index (Phi) is 10.9. The fraction of sp³-hybridized carbons (Fsp3) is 0.833. The Morgan fingerprint density at radius 3 is 2.44 bits per heavy atom. The predicted molar refractivity (Wildman–Crippen MR) is 40.1 cm³/mol. The van der Waals surface area contributed by atoms with Crippen LogP contribution < -0.4 is 0 Å². The summed E-state index contributed by atoms with van der Waals surface area (Å²) in [7, 11) is 0. The third-order valence-electron chi connectivity index (χ3n) is 0.803. The second kappa shape index (κ2) is 8.24. The maximum Gasteiger partial charge on any atom is 0.316 e. The van der Waals surface area contributed by atoms with Crippen LogP contribution in [-0.2, 0) is 9.53 Å². The second-order valence-electron chi connectivity index (χ2n) is 1.69. The molecule has 52 valence electrons. The van der Waals surface area contributed by atoms with Crippen LogP contribution in [0.4, 0.5) is 0 Å². The number of carbonyl (C=O) groups is 1. The first-order valence-electron chi connectivity index (χ1n) is 2.90. The topological polar surface area (TPSA) is 26.3 Å². The molecule has 0 saturated carbocycles. The molecule has 0 aromatic carbocycles. The molecule has 0 bridgehead atoms. The van der Waals surface area contributed by atoms with Gasteiger partial charge < -0.3 is 4.74 Å². The van der Waals surface area contributed by atoms with Gasteiger partial charge in [-0.15, -0.1) is 0 Å². The normalized spacial score (nSPS) is 7.78. The van der Waals surface area contributed by atoms with Gasteiger partial charge in [0, 0.05) is 6.92 Å². The van der Waals surface area contributed by atoms with Gasteiger partial charge in [-0.2, -0.15) is 0 Å². The van der Waals surface area contributed by atoms with Crippen LogP contribution in [-0.4, -0.2) is 35.6 Å². The van der Waals surface area contributed by atoms with E-state index in [0.29, 0.717) is 6.61 Å². The molecule has 0 amide bonds.